The molecule has 3 heterocycles. The highest BCUT2D eigenvalue weighted by atomic mass is 32.2. The van der Waals surface area contributed by atoms with Crippen LogP contribution in [-0.2, 0) is 21.4 Å². The molecule has 1 unspecified atom stereocenters. The zero-order chi connectivity index (χ0) is 19.7. The Labute approximate surface area is 168 Å². The standard InChI is InChI=1S/C19H22N2O5S2/c1-20(11-14-6-7-16-17(10-14)26-13-25-16)19(22)15-4-2-8-21(12-15)28(23,24)18-5-3-9-27-18/h3,5-7,9-10,15H,2,4,8,11-13H2,1H3. The van der Waals surface area contributed by atoms with Gasteiger partial charge in [0.1, 0.15) is 4.21 Å². The van der Waals surface area contributed by atoms with Gasteiger partial charge >= 0.3 is 0 Å². The van der Waals surface area contributed by atoms with Crippen LogP contribution in [-0.4, -0.2) is 50.5 Å². The van der Waals surface area contributed by atoms with Crippen LogP contribution in [0.4, 0.5) is 0 Å². The fourth-order valence-corrected chi connectivity index (χ4v) is 6.27. The van der Waals surface area contributed by atoms with Gasteiger partial charge in [-0.15, -0.1) is 11.3 Å². The predicted molar refractivity (Wildman–Crippen MR) is 105 cm³/mol. The summed E-state index contributed by atoms with van der Waals surface area (Å²) in [6, 6.07) is 8.96. The normalized spacial score (nSPS) is 19.5. The van der Waals surface area contributed by atoms with E-state index in [1.807, 2.05) is 18.2 Å². The molecule has 28 heavy (non-hydrogen) atoms. The Morgan fingerprint density at radius 2 is 2.11 bits per heavy atom. The lowest BCUT2D eigenvalue weighted by molar-refractivity contribution is -0.135. The summed E-state index contributed by atoms with van der Waals surface area (Å²) in [5, 5.41) is 1.75. The first-order valence-corrected chi connectivity index (χ1v) is 11.4. The summed E-state index contributed by atoms with van der Waals surface area (Å²) in [5.74, 6) is 1.02. The van der Waals surface area contributed by atoms with Gasteiger partial charge in [-0.1, -0.05) is 12.1 Å². The third kappa shape index (κ3) is 3.74. The summed E-state index contributed by atoms with van der Waals surface area (Å²) < 4.78 is 38.0. The molecule has 0 radical (unpaired) electrons. The van der Waals surface area contributed by atoms with E-state index in [4.69, 9.17) is 9.47 Å². The van der Waals surface area contributed by atoms with Crippen molar-refractivity contribution in [2.45, 2.75) is 23.6 Å². The van der Waals surface area contributed by atoms with Gasteiger partial charge in [0.25, 0.3) is 10.0 Å². The largest absolute Gasteiger partial charge is 0.454 e. The molecule has 1 fully saturated rings. The number of carbonyl (C=O) groups is 1. The smallest absolute Gasteiger partial charge is 0.252 e. The SMILES string of the molecule is CN(Cc1ccc2c(c1)OCO2)C(=O)C1CCCN(S(=O)(=O)c2cccs2)C1. The number of hydrogen-bond acceptors (Lipinski definition) is 6. The van der Waals surface area contributed by atoms with E-state index in [-0.39, 0.29) is 25.2 Å². The quantitative estimate of drug-likeness (QED) is 0.740. The average Bonchev–Trinajstić information content (AvgIpc) is 3.39. The molecule has 4 rings (SSSR count). The van der Waals surface area contributed by atoms with E-state index in [1.54, 1.807) is 29.5 Å². The van der Waals surface area contributed by atoms with Crippen molar-refractivity contribution < 1.29 is 22.7 Å². The number of nitrogens with zero attached hydrogens (tertiary/aromatic N) is 2. The number of carbonyl (C=O) groups excluding carboxylic acids is 1. The maximum Gasteiger partial charge on any atom is 0.252 e. The number of amides is 1. The number of hydrogen-bond donors (Lipinski definition) is 0. The lowest BCUT2D eigenvalue weighted by Crippen LogP contribution is -2.45. The predicted octanol–water partition coefficient (Wildman–Crippen LogP) is 2.54. The Kier molecular flexibility index (Phi) is 5.31. The number of fused-ring (bicyclic) bond motifs is 1. The maximum absolute atomic E-state index is 12.9. The van der Waals surface area contributed by atoms with Crippen LogP contribution in [0.1, 0.15) is 18.4 Å². The van der Waals surface area contributed by atoms with Crippen molar-refractivity contribution in [3.63, 3.8) is 0 Å². The number of rotatable bonds is 5. The second-order valence-corrected chi connectivity index (χ2v) is 10.1. The molecule has 9 heteroatoms. The van der Waals surface area contributed by atoms with E-state index in [1.165, 1.54) is 15.6 Å². The van der Waals surface area contributed by atoms with Crippen LogP contribution >= 0.6 is 11.3 Å². The summed E-state index contributed by atoms with van der Waals surface area (Å²) in [6.45, 7) is 1.33. The number of sulfonamides is 1. The third-order valence-corrected chi connectivity index (χ3v) is 8.29. The topological polar surface area (TPSA) is 76.2 Å². The molecule has 1 amide bonds. The summed E-state index contributed by atoms with van der Waals surface area (Å²) >= 11 is 1.20. The number of benzene rings is 1. The molecule has 0 bridgehead atoms. The van der Waals surface area contributed by atoms with E-state index in [0.717, 1.165) is 5.56 Å². The molecule has 0 saturated carbocycles. The highest BCUT2D eigenvalue weighted by molar-refractivity contribution is 7.91. The Morgan fingerprint density at radius 3 is 2.89 bits per heavy atom. The van der Waals surface area contributed by atoms with Gasteiger partial charge in [-0.25, -0.2) is 8.42 Å². The van der Waals surface area contributed by atoms with Gasteiger partial charge in [-0.3, -0.25) is 4.79 Å². The Morgan fingerprint density at radius 1 is 1.29 bits per heavy atom. The molecule has 1 aromatic heterocycles. The van der Waals surface area contributed by atoms with Gasteiger partial charge in [-0.05, 0) is 42.0 Å². The highest BCUT2D eigenvalue weighted by Crippen LogP contribution is 2.33. The van der Waals surface area contributed by atoms with E-state index in [0.29, 0.717) is 41.6 Å². The molecule has 0 N–H and O–H groups in total. The summed E-state index contributed by atoms with van der Waals surface area (Å²) in [4.78, 5) is 14.6. The van der Waals surface area contributed by atoms with Gasteiger partial charge in [0.15, 0.2) is 11.5 Å². The zero-order valence-corrected chi connectivity index (χ0v) is 17.2. The second kappa shape index (κ2) is 7.73. The Hall–Kier alpha value is -2.10. The van der Waals surface area contributed by atoms with Crippen LogP contribution in [0.5, 0.6) is 11.5 Å². The minimum Gasteiger partial charge on any atom is -0.454 e. The molecule has 7 nitrogen and oxygen atoms in total. The van der Waals surface area contributed by atoms with Gasteiger partial charge in [0.2, 0.25) is 12.7 Å². The lowest BCUT2D eigenvalue weighted by Gasteiger charge is -2.33. The van der Waals surface area contributed by atoms with Crippen LogP contribution in [0.3, 0.4) is 0 Å². The molecule has 2 aromatic rings. The van der Waals surface area contributed by atoms with Crippen molar-refractivity contribution in [3.05, 3.63) is 41.3 Å². The van der Waals surface area contributed by atoms with Crippen LogP contribution < -0.4 is 9.47 Å². The van der Waals surface area contributed by atoms with E-state index >= 15 is 0 Å². The minimum atomic E-state index is -3.53. The van der Waals surface area contributed by atoms with Crippen molar-refractivity contribution in [1.29, 1.82) is 0 Å². The molecule has 2 aliphatic rings. The molecule has 1 atom stereocenters. The fourth-order valence-electron chi connectivity index (χ4n) is 3.60. The summed E-state index contributed by atoms with van der Waals surface area (Å²) in [6.07, 6.45) is 1.37. The highest BCUT2D eigenvalue weighted by Gasteiger charge is 2.34. The van der Waals surface area contributed by atoms with Crippen molar-refractivity contribution >= 4 is 27.3 Å². The summed E-state index contributed by atoms with van der Waals surface area (Å²) in [5.41, 5.74) is 0.943. The van der Waals surface area contributed by atoms with E-state index in [9.17, 15) is 13.2 Å². The van der Waals surface area contributed by atoms with Crippen LogP contribution in [0.15, 0.2) is 39.9 Å². The van der Waals surface area contributed by atoms with E-state index < -0.39 is 10.0 Å². The van der Waals surface area contributed by atoms with Crippen LogP contribution in [0, 0.1) is 5.92 Å². The summed E-state index contributed by atoms with van der Waals surface area (Å²) in [7, 11) is -1.78. The van der Waals surface area contributed by atoms with Crippen LogP contribution in [0.25, 0.3) is 0 Å². The van der Waals surface area contributed by atoms with Gasteiger partial charge < -0.3 is 14.4 Å². The number of piperidine rings is 1. The van der Waals surface area contributed by atoms with Crippen LogP contribution in [0.2, 0.25) is 0 Å². The molecule has 1 saturated heterocycles. The van der Waals surface area contributed by atoms with Gasteiger partial charge in [-0.2, -0.15) is 4.31 Å². The first-order chi connectivity index (χ1) is 13.4. The average molecular weight is 423 g/mol. The zero-order valence-electron chi connectivity index (χ0n) is 15.5. The second-order valence-electron chi connectivity index (χ2n) is 7.02. The number of thiophene rings is 1. The third-order valence-electron chi connectivity index (χ3n) is 5.06. The van der Waals surface area contributed by atoms with Crippen molar-refractivity contribution in [1.82, 2.24) is 9.21 Å². The minimum absolute atomic E-state index is 0.0382. The molecule has 1 aromatic carbocycles. The molecular formula is C19H22N2O5S2. The Bertz CT molecular complexity index is 959. The maximum atomic E-state index is 12.9. The molecule has 2 aliphatic heterocycles. The van der Waals surface area contributed by atoms with Crippen molar-refractivity contribution in [3.8, 4) is 11.5 Å². The monoisotopic (exact) mass is 422 g/mol. The van der Waals surface area contributed by atoms with Gasteiger partial charge in [0.05, 0.1) is 5.92 Å². The number of ether oxygens (including phenoxy) is 2. The molecule has 0 spiro atoms. The van der Waals surface area contributed by atoms with Crippen molar-refractivity contribution in [2.24, 2.45) is 5.92 Å². The Balaban J connectivity index is 1.42. The lowest BCUT2D eigenvalue weighted by atomic mass is 9.98. The molecular weight excluding hydrogens is 400 g/mol. The van der Waals surface area contributed by atoms with Crippen molar-refractivity contribution in [2.75, 3.05) is 26.9 Å². The first kappa shape index (κ1) is 19.2. The molecule has 150 valence electrons. The first-order valence-electron chi connectivity index (χ1n) is 9.12. The van der Waals surface area contributed by atoms with Gasteiger partial charge in [0, 0.05) is 26.7 Å². The fraction of sp³-hybridized carbons (Fsp3) is 0.421. The van der Waals surface area contributed by atoms with E-state index in [2.05, 4.69) is 0 Å². The molecule has 0 aliphatic carbocycles.